The third kappa shape index (κ3) is 2.55. The molecule has 0 spiro atoms. The number of nitrogens with one attached hydrogen (secondary N) is 2. The molecular weight excluding hydrogens is 256 g/mol. The number of hydrazine groups is 2. The highest BCUT2D eigenvalue weighted by Crippen LogP contribution is 2.14. The van der Waals surface area contributed by atoms with Crippen molar-refractivity contribution >= 4 is 20.0 Å². The van der Waals surface area contributed by atoms with Crippen molar-refractivity contribution in [2.45, 2.75) is 9.79 Å². The van der Waals surface area contributed by atoms with Gasteiger partial charge in [0.25, 0.3) is 10.0 Å². The number of benzene rings is 1. The van der Waals surface area contributed by atoms with E-state index < -0.39 is 20.0 Å². The van der Waals surface area contributed by atoms with Crippen LogP contribution in [-0.4, -0.2) is 16.8 Å². The fraction of sp³-hybridized carbons (Fsp3) is 0. The second-order valence-corrected chi connectivity index (χ2v) is 6.21. The third-order valence-corrected chi connectivity index (χ3v) is 4.15. The molecule has 8 nitrogen and oxygen atoms in total. The highest BCUT2D eigenvalue weighted by molar-refractivity contribution is 7.90. The lowest BCUT2D eigenvalue weighted by Gasteiger charge is -2.03. The van der Waals surface area contributed by atoms with Crippen molar-refractivity contribution in [1.82, 2.24) is 9.66 Å². The van der Waals surface area contributed by atoms with Gasteiger partial charge in [0.15, 0.2) is 0 Å². The quantitative estimate of drug-likeness (QED) is 0.287. The molecule has 1 unspecified atom stereocenters. The highest BCUT2D eigenvalue weighted by atomic mass is 32.2. The average molecular weight is 267 g/mol. The topological polar surface area (TPSA) is 149 Å². The van der Waals surface area contributed by atoms with Crippen molar-refractivity contribution in [2.24, 2.45) is 11.7 Å². The molecule has 0 aliphatic carbocycles. The van der Waals surface area contributed by atoms with E-state index in [1.54, 1.807) is 9.66 Å². The molecule has 0 amide bonds. The molecule has 0 saturated carbocycles. The lowest BCUT2D eigenvalue weighted by Crippen LogP contribution is -2.32. The van der Waals surface area contributed by atoms with Gasteiger partial charge in [0, 0.05) is 0 Å². The van der Waals surface area contributed by atoms with Crippen LogP contribution in [0, 0.1) is 0 Å². The summed E-state index contributed by atoms with van der Waals surface area (Å²) in [6.07, 6.45) is 0. The van der Waals surface area contributed by atoms with Gasteiger partial charge in [-0.05, 0) is 18.2 Å². The van der Waals surface area contributed by atoms with E-state index in [0.29, 0.717) is 0 Å². The summed E-state index contributed by atoms with van der Waals surface area (Å²) >= 11 is 0. The second kappa shape index (κ2) is 4.45. The molecule has 0 heterocycles. The summed E-state index contributed by atoms with van der Waals surface area (Å²) in [5, 5.41) is 0. The lowest BCUT2D eigenvalue weighted by atomic mass is 10.4. The molecule has 10 heteroatoms. The Morgan fingerprint density at radius 2 is 1.62 bits per heavy atom. The van der Waals surface area contributed by atoms with E-state index in [0.717, 1.165) is 6.07 Å². The van der Waals surface area contributed by atoms with Gasteiger partial charge in [-0.1, -0.05) is 6.07 Å². The Morgan fingerprint density at radius 3 is 2.12 bits per heavy atom. The first-order valence-electron chi connectivity index (χ1n) is 3.90. The maximum atomic E-state index is 11.4. The summed E-state index contributed by atoms with van der Waals surface area (Å²) in [5.41, 5.74) is 0. The molecule has 0 aliphatic heterocycles. The highest BCUT2D eigenvalue weighted by Gasteiger charge is 2.21. The van der Waals surface area contributed by atoms with Gasteiger partial charge in [0.2, 0.25) is 0 Å². The van der Waals surface area contributed by atoms with Crippen LogP contribution in [-0.2, 0) is 20.0 Å². The number of hydrogen-bond acceptors (Lipinski definition) is 5. The number of rotatable bonds is 4. The summed E-state index contributed by atoms with van der Waals surface area (Å²) in [6, 6.07) is 4.78. The Balaban J connectivity index is 3.37. The monoisotopic (exact) mass is 267 g/mol. The first kappa shape index (κ1) is 13.0. The zero-order valence-corrected chi connectivity index (χ0v) is 9.59. The molecule has 0 aliphatic rings. The minimum Gasteiger partial charge on any atom is -0.257 e. The molecule has 0 bridgehead atoms. The van der Waals surface area contributed by atoms with Crippen LogP contribution in [0.2, 0.25) is 0 Å². The summed E-state index contributed by atoms with van der Waals surface area (Å²) in [4.78, 5) is 2.90. The number of nitrogens with two attached hydrogens (primary N) is 2. The molecule has 90 valence electrons. The predicted octanol–water partition coefficient (Wildman–Crippen LogP) is -1.85. The van der Waals surface area contributed by atoms with E-state index >= 15 is 0 Å². The largest absolute Gasteiger partial charge is 0.385 e. The minimum atomic E-state index is -3.87. The summed E-state index contributed by atoms with van der Waals surface area (Å²) < 4.78 is 43.3. The Hall–Kier alpha value is -1.04. The van der Waals surface area contributed by atoms with E-state index in [-0.39, 0.29) is 9.79 Å². The zero-order chi connectivity index (χ0) is 12.4. The van der Waals surface area contributed by atoms with Gasteiger partial charge in [0.05, 0.1) is 4.90 Å². The van der Waals surface area contributed by atoms with Crippen molar-refractivity contribution < 1.29 is 16.8 Å². The summed E-state index contributed by atoms with van der Waals surface area (Å²) in [6.45, 7) is 0. The standard InChI is InChI=1S/C6H10N4O4S2/c7-9-15(11,12)5-2-1-3-6(4-5)16(13,14)10-8/h1-4,9H,7-8H2,(H,10,13,14)/p+1. The zero-order valence-electron chi connectivity index (χ0n) is 7.95. The summed E-state index contributed by atoms with van der Waals surface area (Å²) in [7, 11) is -7.51. The van der Waals surface area contributed by atoms with Gasteiger partial charge in [-0.2, -0.15) is 9.04 Å². The van der Waals surface area contributed by atoms with Crippen molar-refractivity contribution in [3.63, 3.8) is 0 Å². The van der Waals surface area contributed by atoms with E-state index in [1.165, 1.54) is 18.2 Å². The van der Waals surface area contributed by atoms with E-state index in [4.69, 9.17) is 11.7 Å². The van der Waals surface area contributed by atoms with Gasteiger partial charge >= 0.3 is 10.0 Å². The van der Waals surface area contributed by atoms with Gasteiger partial charge in [-0.15, -0.1) is 4.83 Å². The minimum absolute atomic E-state index is 0.161. The molecule has 1 rings (SSSR count). The van der Waals surface area contributed by atoms with Gasteiger partial charge < -0.3 is 0 Å². The van der Waals surface area contributed by atoms with Crippen molar-refractivity contribution in [3.05, 3.63) is 24.3 Å². The van der Waals surface area contributed by atoms with E-state index in [1.807, 2.05) is 0 Å². The third-order valence-electron chi connectivity index (χ3n) is 1.75. The van der Waals surface area contributed by atoms with Crippen LogP contribution >= 0.6 is 0 Å². The number of sulfonamides is 1. The molecule has 0 saturated heterocycles. The molecule has 0 aromatic heterocycles. The van der Waals surface area contributed by atoms with Gasteiger partial charge in [-0.25, -0.2) is 12.6 Å². The maximum Gasteiger partial charge on any atom is 0.385 e. The van der Waals surface area contributed by atoms with Crippen LogP contribution in [0.25, 0.3) is 0 Å². The van der Waals surface area contributed by atoms with Crippen LogP contribution in [0.3, 0.4) is 0 Å². The molecule has 1 aromatic rings. The van der Waals surface area contributed by atoms with Crippen molar-refractivity contribution in [2.75, 3.05) is 0 Å². The van der Waals surface area contributed by atoms with Crippen molar-refractivity contribution in [3.8, 4) is 0 Å². The predicted molar refractivity (Wildman–Crippen MR) is 56.6 cm³/mol. The Bertz CT molecular complexity index is 531. The Morgan fingerprint density at radius 1 is 1.06 bits per heavy atom. The van der Waals surface area contributed by atoms with Crippen LogP contribution in [0.4, 0.5) is 0 Å². The maximum absolute atomic E-state index is 11.4. The van der Waals surface area contributed by atoms with Crippen LogP contribution < -0.4 is 21.3 Å². The smallest absolute Gasteiger partial charge is 0.257 e. The fourth-order valence-corrected chi connectivity index (χ4v) is 2.39. The molecule has 7 N–H and O–H groups in total. The first-order chi connectivity index (χ1) is 7.33. The van der Waals surface area contributed by atoms with Crippen LogP contribution in [0.15, 0.2) is 34.1 Å². The van der Waals surface area contributed by atoms with Crippen LogP contribution in [0.5, 0.6) is 0 Å². The Kier molecular flexibility index (Phi) is 3.62. The number of hydrogen-bond donors (Lipinski definition) is 4. The molecule has 1 aromatic carbocycles. The lowest BCUT2D eigenvalue weighted by molar-refractivity contribution is 0.583. The Labute approximate surface area is 92.7 Å². The SMILES string of the molecule is NNS(=O)(=O)c1cccc(S(=O)(=[OH+])NN)c1. The molecule has 16 heavy (non-hydrogen) atoms. The molecule has 0 fully saturated rings. The fourth-order valence-electron chi connectivity index (χ4n) is 0.950. The second-order valence-electron chi connectivity index (χ2n) is 2.74. The van der Waals surface area contributed by atoms with Gasteiger partial charge in [-0.3, -0.25) is 11.7 Å². The van der Waals surface area contributed by atoms with E-state index in [9.17, 15) is 16.8 Å². The molecule has 0 radical (unpaired) electrons. The molecule has 1 atom stereocenters. The summed E-state index contributed by atoms with van der Waals surface area (Å²) in [5.74, 6) is 9.68. The van der Waals surface area contributed by atoms with Crippen LogP contribution in [0.1, 0.15) is 0 Å². The van der Waals surface area contributed by atoms with Gasteiger partial charge in [0.1, 0.15) is 4.90 Å². The molecular formula is C6H11N4O4S2+. The average Bonchev–Trinajstić information content (AvgIpc) is 2.29. The van der Waals surface area contributed by atoms with E-state index in [2.05, 4.69) is 0 Å². The first-order valence-corrected chi connectivity index (χ1v) is 6.90. The van der Waals surface area contributed by atoms with Crippen molar-refractivity contribution in [1.29, 1.82) is 0 Å². The normalized spacial score (nSPS) is 15.6.